The third-order valence-corrected chi connectivity index (χ3v) is 1.99. The number of aliphatic hydroxyl groups is 1. The second-order valence-electron chi connectivity index (χ2n) is 3.80. The largest absolute Gasteiger partial charge is 0.458 e. The molecule has 0 heterocycles. The van der Waals surface area contributed by atoms with E-state index in [1.54, 1.807) is 0 Å². The summed E-state index contributed by atoms with van der Waals surface area (Å²) in [7, 11) is 0. The van der Waals surface area contributed by atoms with E-state index in [1.807, 2.05) is 38.1 Å². The maximum absolute atomic E-state index is 11.2. The Kier molecular flexibility index (Phi) is 4.73. The zero-order valence-corrected chi connectivity index (χ0v) is 9.56. The summed E-state index contributed by atoms with van der Waals surface area (Å²) in [6, 6.07) is 7.29. The van der Waals surface area contributed by atoms with E-state index in [0.29, 0.717) is 0 Å². The number of hydrogen-bond donors (Lipinski definition) is 1. The average Bonchev–Trinajstić information content (AvgIpc) is 2.26. The zero-order valence-electron chi connectivity index (χ0n) is 9.56. The predicted molar refractivity (Wildman–Crippen MR) is 61.6 cm³/mol. The predicted octanol–water partition coefficient (Wildman–Crippen LogP) is 2.19. The maximum atomic E-state index is 11.2. The molecule has 0 amide bonds. The van der Waals surface area contributed by atoms with Crippen LogP contribution in [0.25, 0.3) is 0 Å². The van der Waals surface area contributed by atoms with Crippen LogP contribution in [0.2, 0.25) is 0 Å². The fourth-order valence-electron chi connectivity index (χ4n) is 1.17. The number of carbonyl (C=O) groups is 1. The van der Waals surface area contributed by atoms with Crippen molar-refractivity contribution in [3.8, 4) is 0 Å². The van der Waals surface area contributed by atoms with Crippen LogP contribution in [-0.4, -0.2) is 11.1 Å². The van der Waals surface area contributed by atoms with Gasteiger partial charge in [-0.1, -0.05) is 29.8 Å². The van der Waals surface area contributed by atoms with Crippen LogP contribution in [0.4, 0.5) is 0 Å². The summed E-state index contributed by atoms with van der Waals surface area (Å²) in [6.07, 6.45) is 1.46. The molecule has 16 heavy (non-hydrogen) atoms. The fraction of sp³-hybridized carbons (Fsp3) is 0.308. The number of hydrogen-bond acceptors (Lipinski definition) is 3. The molecule has 0 aliphatic rings. The zero-order chi connectivity index (χ0) is 12.0. The molecule has 1 aromatic carbocycles. The molecule has 1 aromatic rings. The summed E-state index contributed by atoms with van der Waals surface area (Å²) >= 11 is 0. The van der Waals surface area contributed by atoms with Gasteiger partial charge in [0.2, 0.25) is 0 Å². The first kappa shape index (κ1) is 12.5. The van der Waals surface area contributed by atoms with Crippen molar-refractivity contribution in [1.29, 1.82) is 0 Å². The Bertz CT molecular complexity index is 373. The Morgan fingerprint density at radius 3 is 2.31 bits per heavy atom. The van der Waals surface area contributed by atoms with Gasteiger partial charge in [-0.3, -0.25) is 0 Å². The molecule has 1 N–H and O–H groups in total. The summed E-state index contributed by atoms with van der Waals surface area (Å²) in [6.45, 7) is 3.97. The van der Waals surface area contributed by atoms with Gasteiger partial charge in [-0.15, -0.1) is 0 Å². The van der Waals surface area contributed by atoms with Crippen molar-refractivity contribution in [1.82, 2.24) is 0 Å². The summed E-state index contributed by atoms with van der Waals surface area (Å²) in [4.78, 5) is 11.2. The molecule has 0 saturated carbocycles. The Labute approximate surface area is 95.4 Å². The lowest BCUT2D eigenvalue weighted by atomic mass is 10.1. The smallest absolute Gasteiger partial charge is 0.331 e. The highest BCUT2D eigenvalue weighted by Gasteiger charge is 1.99. The molecule has 0 unspecified atom stereocenters. The minimum Gasteiger partial charge on any atom is -0.458 e. The Balaban J connectivity index is 2.48. The lowest BCUT2D eigenvalue weighted by molar-refractivity contribution is -0.139. The van der Waals surface area contributed by atoms with E-state index in [1.165, 1.54) is 6.08 Å². The molecular weight excluding hydrogens is 204 g/mol. The van der Waals surface area contributed by atoms with Gasteiger partial charge in [-0.05, 0) is 25.0 Å². The molecule has 0 saturated heterocycles. The molecule has 0 radical (unpaired) electrons. The minimum absolute atomic E-state index is 0.0256. The number of aliphatic hydroxyl groups excluding tert-OH is 1. The van der Waals surface area contributed by atoms with Crippen LogP contribution in [0.3, 0.4) is 0 Å². The molecule has 3 nitrogen and oxygen atoms in total. The van der Waals surface area contributed by atoms with E-state index in [9.17, 15) is 4.79 Å². The van der Waals surface area contributed by atoms with E-state index >= 15 is 0 Å². The normalized spacial score (nSPS) is 9.69. The Morgan fingerprint density at radius 1 is 1.25 bits per heavy atom. The van der Waals surface area contributed by atoms with Gasteiger partial charge in [-0.25, -0.2) is 4.79 Å². The van der Waals surface area contributed by atoms with Crippen LogP contribution in [-0.2, 0) is 22.7 Å². The first-order valence-corrected chi connectivity index (χ1v) is 5.12. The third kappa shape index (κ3) is 4.28. The molecular formula is C13H16O3. The van der Waals surface area contributed by atoms with Crippen LogP contribution in [0.5, 0.6) is 0 Å². The summed E-state index contributed by atoms with van der Waals surface area (Å²) < 4.78 is 5.03. The van der Waals surface area contributed by atoms with Gasteiger partial charge in [0.05, 0.1) is 6.61 Å². The third-order valence-electron chi connectivity index (χ3n) is 1.99. The number of allylic oxidation sites excluding steroid dienone is 1. The number of benzene rings is 1. The van der Waals surface area contributed by atoms with Crippen LogP contribution >= 0.6 is 0 Å². The molecule has 3 heteroatoms. The lowest BCUT2D eigenvalue weighted by Gasteiger charge is -2.03. The molecule has 0 aliphatic carbocycles. The van der Waals surface area contributed by atoms with Gasteiger partial charge in [0, 0.05) is 6.08 Å². The van der Waals surface area contributed by atoms with Crippen molar-refractivity contribution in [3.05, 3.63) is 47.0 Å². The molecule has 0 aliphatic heterocycles. The maximum Gasteiger partial charge on any atom is 0.331 e. The van der Waals surface area contributed by atoms with E-state index in [-0.39, 0.29) is 19.2 Å². The van der Waals surface area contributed by atoms with Gasteiger partial charge >= 0.3 is 5.97 Å². The van der Waals surface area contributed by atoms with Crippen molar-refractivity contribution in [2.75, 3.05) is 0 Å². The molecule has 0 aromatic heterocycles. The van der Waals surface area contributed by atoms with E-state index in [2.05, 4.69) is 0 Å². The molecule has 1 rings (SSSR count). The quantitative estimate of drug-likeness (QED) is 0.625. The van der Waals surface area contributed by atoms with Gasteiger partial charge < -0.3 is 9.84 Å². The van der Waals surface area contributed by atoms with E-state index in [4.69, 9.17) is 9.84 Å². The monoisotopic (exact) mass is 220 g/mol. The SMILES string of the molecule is CC(C)=CC(=O)OCc1ccc(CO)cc1. The summed E-state index contributed by atoms with van der Waals surface area (Å²) in [5.41, 5.74) is 2.67. The molecule has 0 spiro atoms. The van der Waals surface area contributed by atoms with Crippen molar-refractivity contribution >= 4 is 5.97 Å². The number of rotatable bonds is 4. The van der Waals surface area contributed by atoms with E-state index < -0.39 is 0 Å². The van der Waals surface area contributed by atoms with Gasteiger partial charge in [0.1, 0.15) is 6.61 Å². The van der Waals surface area contributed by atoms with Crippen LogP contribution < -0.4 is 0 Å². The Morgan fingerprint density at radius 2 is 1.81 bits per heavy atom. The van der Waals surface area contributed by atoms with Gasteiger partial charge in [0.25, 0.3) is 0 Å². The highest BCUT2D eigenvalue weighted by molar-refractivity contribution is 5.82. The molecule has 0 bridgehead atoms. The number of ether oxygens (including phenoxy) is 1. The molecule has 86 valence electrons. The van der Waals surface area contributed by atoms with Crippen LogP contribution in [0.1, 0.15) is 25.0 Å². The van der Waals surface area contributed by atoms with Crippen LogP contribution in [0.15, 0.2) is 35.9 Å². The first-order valence-electron chi connectivity index (χ1n) is 5.12. The summed E-state index contributed by atoms with van der Waals surface area (Å²) in [5.74, 6) is -0.328. The van der Waals surface area contributed by atoms with Crippen molar-refractivity contribution < 1.29 is 14.6 Å². The number of carbonyl (C=O) groups excluding carboxylic acids is 1. The highest BCUT2D eigenvalue weighted by atomic mass is 16.5. The minimum atomic E-state index is -0.328. The van der Waals surface area contributed by atoms with Crippen molar-refractivity contribution in [3.63, 3.8) is 0 Å². The molecule has 0 atom stereocenters. The Hall–Kier alpha value is -1.61. The molecule has 0 fully saturated rings. The lowest BCUT2D eigenvalue weighted by Crippen LogP contribution is -2.01. The first-order chi connectivity index (χ1) is 7.61. The van der Waals surface area contributed by atoms with Gasteiger partial charge in [-0.2, -0.15) is 0 Å². The second-order valence-corrected chi connectivity index (χ2v) is 3.80. The topological polar surface area (TPSA) is 46.5 Å². The van der Waals surface area contributed by atoms with E-state index in [0.717, 1.165) is 16.7 Å². The number of esters is 1. The van der Waals surface area contributed by atoms with Gasteiger partial charge in [0.15, 0.2) is 0 Å². The highest BCUT2D eigenvalue weighted by Crippen LogP contribution is 2.06. The average molecular weight is 220 g/mol. The van der Waals surface area contributed by atoms with Crippen molar-refractivity contribution in [2.24, 2.45) is 0 Å². The second kappa shape index (κ2) is 6.08. The summed E-state index contributed by atoms with van der Waals surface area (Å²) in [5, 5.41) is 8.85. The standard InChI is InChI=1S/C13H16O3/c1-10(2)7-13(15)16-9-12-5-3-11(8-14)4-6-12/h3-7,14H,8-9H2,1-2H3. The fourth-order valence-corrected chi connectivity index (χ4v) is 1.17. The van der Waals surface area contributed by atoms with Crippen LogP contribution in [0, 0.1) is 0 Å². The van der Waals surface area contributed by atoms with Crippen molar-refractivity contribution in [2.45, 2.75) is 27.1 Å².